The van der Waals surface area contributed by atoms with Crippen LogP contribution in [0.15, 0.2) is 24.3 Å². The zero-order chi connectivity index (χ0) is 12.0. The number of anilines is 1. The first-order chi connectivity index (χ1) is 7.67. The summed E-state index contributed by atoms with van der Waals surface area (Å²) in [5.74, 6) is -0.234. The molecule has 0 saturated carbocycles. The van der Waals surface area contributed by atoms with Gasteiger partial charge in [-0.1, -0.05) is 6.07 Å². The lowest BCUT2D eigenvalue weighted by molar-refractivity contribution is 0.261. The second-order valence-corrected chi connectivity index (χ2v) is 3.79. The first-order valence-corrected chi connectivity index (χ1v) is 5.54. The Labute approximate surface area is 95.7 Å². The minimum Gasteiger partial charge on any atom is -0.395 e. The number of nitrogens with zero attached hydrogens (tertiary/aromatic N) is 1. The maximum absolute atomic E-state index is 13.0. The summed E-state index contributed by atoms with van der Waals surface area (Å²) in [4.78, 5) is 2.04. The van der Waals surface area contributed by atoms with Crippen molar-refractivity contribution < 1.29 is 9.50 Å². The van der Waals surface area contributed by atoms with E-state index in [1.165, 1.54) is 12.1 Å². The molecule has 0 aliphatic heterocycles. The third-order valence-corrected chi connectivity index (χ3v) is 2.56. The molecule has 1 aromatic carbocycles. The maximum atomic E-state index is 13.0. The van der Waals surface area contributed by atoms with Crippen molar-refractivity contribution in [1.29, 1.82) is 0 Å². The average molecular weight is 226 g/mol. The van der Waals surface area contributed by atoms with Gasteiger partial charge in [-0.2, -0.15) is 0 Å². The summed E-state index contributed by atoms with van der Waals surface area (Å²) in [6, 6.07) is 6.30. The zero-order valence-corrected chi connectivity index (χ0v) is 9.56. The van der Waals surface area contributed by atoms with Gasteiger partial charge in [0.2, 0.25) is 0 Å². The number of benzene rings is 1. The second-order valence-electron chi connectivity index (χ2n) is 3.79. The Morgan fingerprint density at radius 2 is 2.25 bits per heavy atom. The van der Waals surface area contributed by atoms with Gasteiger partial charge < -0.3 is 15.7 Å². The highest BCUT2D eigenvalue weighted by Crippen LogP contribution is 2.15. The van der Waals surface area contributed by atoms with Crippen LogP contribution in [-0.2, 0) is 0 Å². The van der Waals surface area contributed by atoms with Gasteiger partial charge in [-0.15, -0.1) is 0 Å². The summed E-state index contributed by atoms with van der Waals surface area (Å²) in [6.45, 7) is 3.51. The first kappa shape index (κ1) is 12.9. The van der Waals surface area contributed by atoms with Crippen LogP contribution < -0.4 is 10.6 Å². The lowest BCUT2D eigenvalue weighted by atomic mass is 10.2. The summed E-state index contributed by atoms with van der Waals surface area (Å²) in [5.41, 5.74) is 6.49. The largest absolute Gasteiger partial charge is 0.395 e. The fourth-order valence-electron chi connectivity index (χ4n) is 1.56. The molecule has 0 bridgehead atoms. The van der Waals surface area contributed by atoms with Gasteiger partial charge >= 0.3 is 0 Å². The minimum atomic E-state index is -0.234. The topological polar surface area (TPSA) is 49.5 Å². The Bertz CT molecular complexity index is 320. The monoisotopic (exact) mass is 226 g/mol. The molecule has 1 rings (SSSR count). The van der Waals surface area contributed by atoms with Crippen LogP contribution in [0.3, 0.4) is 0 Å². The molecule has 0 aromatic heterocycles. The third kappa shape index (κ3) is 3.79. The van der Waals surface area contributed by atoms with Crippen molar-refractivity contribution in [2.75, 3.05) is 24.6 Å². The van der Waals surface area contributed by atoms with Crippen molar-refractivity contribution in [3.63, 3.8) is 0 Å². The summed E-state index contributed by atoms with van der Waals surface area (Å²) in [6.07, 6.45) is 0.695. The number of nitrogens with two attached hydrogens (primary N) is 1. The Morgan fingerprint density at radius 3 is 2.81 bits per heavy atom. The molecule has 1 unspecified atom stereocenters. The first-order valence-electron chi connectivity index (χ1n) is 5.54. The zero-order valence-electron chi connectivity index (χ0n) is 9.56. The van der Waals surface area contributed by atoms with Crippen molar-refractivity contribution in [2.45, 2.75) is 19.4 Å². The fraction of sp³-hybridized carbons (Fsp3) is 0.500. The van der Waals surface area contributed by atoms with Crippen LogP contribution in [0.2, 0.25) is 0 Å². The van der Waals surface area contributed by atoms with E-state index >= 15 is 0 Å². The van der Waals surface area contributed by atoms with Gasteiger partial charge in [0.25, 0.3) is 0 Å². The van der Waals surface area contributed by atoms with Crippen molar-refractivity contribution in [1.82, 2.24) is 0 Å². The van der Waals surface area contributed by atoms with Gasteiger partial charge in [0.15, 0.2) is 0 Å². The van der Waals surface area contributed by atoms with E-state index in [1.54, 1.807) is 6.07 Å². The van der Waals surface area contributed by atoms with Crippen LogP contribution in [0.5, 0.6) is 0 Å². The van der Waals surface area contributed by atoms with Crippen LogP contribution in [-0.4, -0.2) is 30.8 Å². The van der Waals surface area contributed by atoms with Gasteiger partial charge in [0, 0.05) is 24.8 Å². The van der Waals surface area contributed by atoms with E-state index < -0.39 is 0 Å². The highest BCUT2D eigenvalue weighted by atomic mass is 19.1. The van der Waals surface area contributed by atoms with Crippen molar-refractivity contribution in [2.24, 2.45) is 5.73 Å². The molecule has 0 radical (unpaired) electrons. The summed E-state index contributed by atoms with van der Waals surface area (Å²) < 4.78 is 13.0. The van der Waals surface area contributed by atoms with Gasteiger partial charge in [-0.25, -0.2) is 4.39 Å². The van der Waals surface area contributed by atoms with E-state index in [9.17, 15) is 4.39 Å². The quantitative estimate of drug-likeness (QED) is 0.770. The van der Waals surface area contributed by atoms with E-state index in [2.05, 4.69) is 0 Å². The number of aliphatic hydroxyl groups is 1. The van der Waals surface area contributed by atoms with Gasteiger partial charge in [-0.05, 0) is 31.5 Å². The number of rotatable bonds is 6. The Kier molecular flexibility index (Phi) is 5.22. The molecule has 0 spiro atoms. The number of hydrogen-bond acceptors (Lipinski definition) is 3. The molecular formula is C12H19FN2O. The fourth-order valence-corrected chi connectivity index (χ4v) is 1.56. The second kappa shape index (κ2) is 6.45. The molecule has 0 amide bonds. The van der Waals surface area contributed by atoms with E-state index in [1.807, 2.05) is 17.9 Å². The molecule has 3 N–H and O–H groups in total. The molecule has 1 aromatic rings. The summed E-state index contributed by atoms with van der Waals surface area (Å²) >= 11 is 0. The predicted molar refractivity (Wildman–Crippen MR) is 64.0 cm³/mol. The molecule has 0 heterocycles. The van der Waals surface area contributed by atoms with Crippen LogP contribution in [0, 0.1) is 5.82 Å². The molecule has 1 atom stereocenters. The maximum Gasteiger partial charge on any atom is 0.125 e. The molecule has 0 aliphatic carbocycles. The lowest BCUT2D eigenvalue weighted by Gasteiger charge is -2.24. The SMILES string of the molecule is CCN(CCC(N)CO)c1cccc(F)c1. The smallest absolute Gasteiger partial charge is 0.125 e. The highest BCUT2D eigenvalue weighted by Gasteiger charge is 2.07. The van der Waals surface area contributed by atoms with E-state index in [0.29, 0.717) is 6.42 Å². The Hall–Kier alpha value is -1.13. The number of halogens is 1. The molecule has 3 nitrogen and oxygen atoms in total. The third-order valence-electron chi connectivity index (χ3n) is 2.56. The minimum absolute atomic E-state index is 0.0132. The lowest BCUT2D eigenvalue weighted by Crippen LogP contribution is -2.32. The summed E-state index contributed by atoms with van der Waals surface area (Å²) in [5, 5.41) is 8.83. The van der Waals surface area contributed by atoms with E-state index in [-0.39, 0.29) is 18.5 Å². The van der Waals surface area contributed by atoms with Crippen molar-refractivity contribution >= 4 is 5.69 Å². The van der Waals surface area contributed by atoms with Crippen LogP contribution in [0.25, 0.3) is 0 Å². The van der Waals surface area contributed by atoms with Crippen LogP contribution in [0.4, 0.5) is 10.1 Å². The molecule has 90 valence electrons. The van der Waals surface area contributed by atoms with Gasteiger partial charge in [0.05, 0.1) is 6.61 Å². The van der Waals surface area contributed by atoms with Crippen LogP contribution >= 0.6 is 0 Å². The Balaban J connectivity index is 2.60. The van der Waals surface area contributed by atoms with Gasteiger partial charge in [-0.3, -0.25) is 0 Å². The normalized spacial score (nSPS) is 12.5. The van der Waals surface area contributed by atoms with E-state index in [4.69, 9.17) is 10.8 Å². The summed E-state index contributed by atoms with van der Waals surface area (Å²) in [7, 11) is 0. The molecular weight excluding hydrogens is 207 g/mol. The predicted octanol–water partition coefficient (Wildman–Crippen LogP) is 1.36. The highest BCUT2D eigenvalue weighted by molar-refractivity contribution is 5.46. The average Bonchev–Trinajstić information content (AvgIpc) is 2.29. The standard InChI is InChI=1S/C12H19FN2O/c1-2-15(7-6-11(14)9-16)12-5-3-4-10(13)8-12/h3-5,8,11,16H,2,6-7,9,14H2,1H3. The number of aliphatic hydroxyl groups excluding tert-OH is 1. The van der Waals surface area contributed by atoms with Crippen molar-refractivity contribution in [3.05, 3.63) is 30.1 Å². The van der Waals surface area contributed by atoms with Gasteiger partial charge in [0.1, 0.15) is 5.82 Å². The van der Waals surface area contributed by atoms with Crippen LogP contribution in [0.1, 0.15) is 13.3 Å². The Morgan fingerprint density at radius 1 is 1.50 bits per heavy atom. The molecule has 16 heavy (non-hydrogen) atoms. The molecule has 0 fully saturated rings. The van der Waals surface area contributed by atoms with E-state index in [0.717, 1.165) is 18.8 Å². The number of hydrogen-bond donors (Lipinski definition) is 2. The van der Waals surface area contributed by atoms with Crippen molar-refractivity contribution in [3.8, 4) is 0 Å². The molecule has 0 aliphatic rings. The molecule has 4 heteroatoms. The molecule has 0 saturated heterocycles.